The molecule has 9 nitrogen and oxygen atoms in total. The Morgan fingerprint density at radius 3 is 2.30 bits per heavy atom. The Morgan fingerprint density at radius 2 is 1.73 bits per heavy atom. The van der Waals surface area contributed by atoms with Gasteiger partial charge in [-0.1, -0.05) is 23.7 Å². The van der Waals surface area contributed by atoms with Crippen molar-refractivity contribution in [2.45, 2.75) is 19.9 Å². The van der Waals surface area contributed by atoms with E-state index in [0.717, 1.165) is 0 Å². The van der Waals surface area contributed by atoms with Gasteiger partial charge in [0.05, 0.1) is 23.5 Å². The Morgan fingerprint density at radius 1 is 1.10 bits per heavy atom. The minimum Gasteiger partial charge on any atom is -0.493 e. The zero-order valence-corrected chi connectivity index (χ0v) is 17.5. The molecule has 0 aliphatic rings. The minimum atomic E-state index is -0.680. The zero-order valence-electron chi connectivity index (χ0n) is 16.7. The highest BCUT2D eigenvalue weighted by Crippen LogP contribution is 2.36. The van der Waals surface area contributed by atoms with Crippen molar-refractivity contribution in [1.82, 2.24) is 5.32 Å². The first-order valence-electron chi connectivity index (χ1n) is 8.97. The van der Waals surface area contributed by atoms with Crippen molar-refractivity contribution in [1.29, 1.82) is 0 Å². The van der Waals surface area contributed by atoms with Gasteiger partial charge in [-0.3, -0.25) is 9.59 Å². The summed E-state index contributed by atoms with van der Waals surface area (Å²) in [7, 11) is 1.37. The summed E-state index contributed by atoms with van der Waals surface area (Å²) in [5.74, 6) is -0.908. The molecular formula is C20H23ClN4O5. The van der Waals surface area contributed by atoms with Gasteiger partial charge in [0.15, 0.2) is 18.1 Å². The maximum absolute atomic E-state index is 12.8. The molecule has 0 unspecified atom stereocenters. The van der Waals surface area contributed by atoms with E-state index >= 15 is 0 Å². The summed E-state index contributed by atoms with van der Waals surface area (Å²) in [5.41, 5.74) is 6.07. The van der Waals surface area contributed by atoms with Crippen molar-refractivity contribution in [3.63, 3.8) is 0 Å². The van der Waals surface area contributed by atoms with E-state index < -0.39 is 17.8 Å². The molecule has 0 aliphatic heterocycles. The third-order valence-electron chi connectivity index (χ3n) is 3.69. The maximum atomic E-state index is 12.8. The largest absolute Gasteiger partial charge is 0.493 e. The van der Waals surface area contributed by atoms with Crippen LogP contribution in [0.1, 0.15) is 24.2 Å². The number of halogens is 1. The molecule has 10 heteroatoms. The van der Waals surface area contributed by atoms with Crippen LogP contribution in [-0.2, 0) is 4.79 Å². The summed E-state index contributed by atoms with van der Waals surface area (Å²) < 4.78 is 10.5. The minimum absolute atomic E-state index is 0.0448. The third kappa shape index (κ3) is 6.28. The van der Waals surface area contributed by atoms with Crippen molar-refractivity contribution >= 4 is 40.8 Å². The van der Waals surface area contributed by atoms with Gasteiger partial charge in [-0.25, -0.2) is 4.79 Å². The molecule has 4 amide bonds. The lowest BCUT2D eigenvalue weighted by molar-refractivity contribution is -0.119. The van der Waals surface area contributed by atoms with Gasteiger partial charge in [0.25, 0.3) is 11.8 Å². The number of benzene rings is 2. The van der Waals surface area contributed by atoms with E-state index in [4.69, 9.17) is 26.8 Å². The second kappa shape index (κ2) is 10.4. The number of nitrogens with one attached hydrogen (secondary N) is 3. The number of nitrogens with two attached hydrogens (primary N) is 1. The smallest absolute Gasteiger partial charge is 0.319 e. The van der Waals surface area contributed by atoms with Crippen LogP contribution in [0.2, 0.25) is 5.02 Å². The summed E-state index contributed by atoms with van der Waals surface area (Å²) in [5, 5.41) is 8.19. The molecule has 0 fully saturated rings. The predicted molar refractivity (Wildman–Crippen MR) is 114 cm³/mol. The molecule has 30 heavy (non-hydrogen) atoms. The van der Waals surface area contributed by atoms with E-state index in [2.05, 4.69) is 16.0 Å². The highest BCUT2D eigenvalue weighted by Gasteiger charge is 2.18. The van der Waals surface area contributed by atoms with Gasteiger partial charge >= 0.3 is 6.03 Å². The molecule has 5 N–H and O–H groups in total. The van der Waals surface area contributed by atoms with Gasteiger partial charge in [-0.15, -0.1) is 0 Å². The molecule has 2 aromatic carbocycles. The summed E-state index contributed by atoms with van der Waals surface area (Å²) in [6.07, 6.45) is 0. The Balaban J connectivity index is 2.23. The van der Waals surface area contributed by atoms with Crippen LogP contribution < -0.4 is 31.2 Å². The Hall–Kier alpha value is -3.46. The fourth-order valence-electron chi connectivity index (χ4n) is 2.45. The molecule has 0 bridgehead atoms. The fraction of sp³-hybridized carbons (Fsp3) is 0.250. The van der Waals surface area contributed by atoms with E-state index in [9.17, 15) is 14.4 Å². The van der Waals surface area contributed by atoms with Gasteiger partial charge in [0.2, 0.25) is 0 Å². The normalized spacial score (nSPS) is 10.3. The molecule has 0 atom stereocenters. The summed E-state index contributed by atoms with van der Waals surface area (Å²) >= 11 is 6.19. The number of hydrogen-bond acceptors (Lipinski definition) is 5. The highest BCUT2D eigenvalue weighted by molar-refractivity contribution is 6.32. The first-order chi connectivity index (χ1) is 14.2. The number of carbonyl (C=O) groups excluding carboxylic acids is 3. The fourth-order valence-corrected chi connectivity index (χ4v) is 2.72. The lowest BCUT2D eigenvalue weighted by Crippen LogP contribution is -2.34. The quantitative estimate of drug-likeness (QED) is 0.507. The number of urea groups is 1. The number of hydrogen-bond donors (Lipinski definition) is 4. The van der Waals surface area contributed by atoms with Gasteiger partial charge in [-0.2, -0.15) is 0 Å². The topological polar surface area (TPSA) is 132 Å². The van der Waals surface area contributed by atoms with E-state index in [1.807, 2.05) is 13.8 Å². The molecule has 0 aromatic heterocycles. The van der Waals surface area contributed by atoms with Crippen LogP contribution in [0, 0.1) is 0 Å². The third-order valence-corrected chi connectivity index (χ3v) is 3.97. The van der Waals surface area contributed by atoms with Crippen LogP contribution in [0.4, 0.5) is 16.2 Å². The number of amides is 4. The Kier molecular flexibility index (Phi) is 7.88. The number of methoxy groups -OCH3 is 1. The van der Waals surface area contributed by atoms with Crippen LogP contribution in [0.3, 0.4) is 0 Å². The van der Waals surface area contributed by atoms with E-state index in [1.54, 1.807) is 24.3 Å². The molecule has 0 aliphatic carbocycles. The zero-order chi connectivity index (χ0) is 22.3. The van der Waals surface area contributed by atoms with Gasteiger partial charge in [-0.05, 0) is 38.1 Å². The molecule has 0 heterocycles. The highest BCUT2D eigenvalue weighted by atomic mass is 35.5. The SMILES string of the molecule is COc1cc(C(=O)Nc2ccccc2NC(=O)NC(C)C)cc(Cl)c1OCC(N)=O. The number of primary amides is 1. The molecule has 0 radical (unpaired) electrons. The number of carbonyl (C=O) groups is 3. The van der Waals surface area contributed by atoms with Crippen LogP contribution >= 0.6 is 11.6 Å². The number of para-hydroxylation sites is 2. The van der Waals surface area contributed by atoms with Crippen molar-refractivity contribution in [2.75, 3.05) is 24.4 Å². The first-order valence-corrected chi connectivity index (χ1v) is 9.35. The number of anilines is 2. The first kappa shape index (κ1) is 22.8. The van der Waals surface area contributed by atoms with Gasteiger partial charge in [0.1, 0.15) is 0 Å². The summed E-state index contributed by atoms with van der Waals surface area (Å²) in [4.78, 5) is 35.7. The second-order valence-corrected chi connectivity index (χ2v) is 6.90. The van der Waals surface area contributed by atoms with E-state index in [1.165, 1.54) is 19.2 Å². The predicted octanol–water partition coefficient (Wildman–Crippen LogP) is 2.99. The van der Waals surface area contributed by atoms with Crippen LogP contribution in [0.5, 0.6) is 11.5 Å². The van der Waals surface area contributed by atoms with Crippen molar-refractivity contribution in [2.24, 2.45) is 5.73 Å². The monoisotopic (exact) mass is 434 g/mol. The Bertz CT molecular complexity index is 949. The lowest BCUT2D eigenvalue weighted by atomic mass is 10.1. The van der Waals surface area contributed by atoms with Crippen LogP contribution in [0.15, 0.2) is 36.4 Å². The number of ether oxygens (including phenoxy) is 2. The maximum Gasteiger partial charge on any atom is 0.319 e. The van der Waals surface area contributed by atoms with Crippen molar-refractivity contribution < 1.29 is 23.9 Å². The Labute approximate surface area is 178 Å². The molecule has 2 aromatic rings. The second-order valence-electron chi connectivity index (χ2n) is 6.50. The summed E-state index contributed by atoms with van der Waals surface area (Å²) in [6, 6.07) is 9.09. The lowest BCUT2D eigenvalue weighted by Gasteiger charge is -2.15. The summed E-state index contributed by atoms with van der Waals surface area (Å²) in [6.45, 7) is 3.28. The van der Waals surface area contributed by atoms with Gasteiger partial charge < -0.3 is 31.2 Å². The standard InChI is InChI=1S/C20H23ClN4O5/c1-11(2)23-20(28)25-15-7-5-4-6-14(15)24-19(27)12-8-13(21)18(16(9-12)29-3)30-10-17(22)26/h4-9,11H,10H2,1-3H3,(H2,22,26)(H,24,27)(H2,23,25,28). The molecule has 0 saturated carbocycles. The van der Waals surface area contributed by atoms with E-state index in [0.29, 0.717) is 11.4 Å². The molecular weight excluding hydrogens is 412 g/mol. The molecule has 160 valence electrons. The molecule has 0 saturated heterocycles. The van der Waals surface area contributed by atoms with Gasteiger partial charge in [0, 0.05) is 11.6 Å². The molecule has 0 spiro atoms. The van der Waals surface area contributed by atoms with Crippen molar-refractivity contribution in [3.8, 4) is 11.5 Å². The number of rotatable bonds is 8. The average molecular weight is 435 g/mol. The van der Waals surface area contributed by atoms with E-state index in [-0.39, 0.29) is 34.7 Å². The van der Waals surface area contributed by atoms with Crippen LogP contribution in [-0.4, -0.2) is 37.6 Å². The average Bonchev–Trinajstić information content (AvgIpc) is 2.67. The molecule has 2 rings (SSSR count). The van der Waals surface area contributed by atoms with Crippen molar-refractivity contribution in [3.05, 3.63) is 47.0 Å². The van der Waals surface area contributed by atoms with Crippen LogP contribution in [0.25, 0.3) is 0 Å².